The van der Waals surface area contributed by atoms with Crippen LogP contribution in [0.2, 0.25) is 0 Å². The molecule has 0 saturated heterocycles. The minimum atomic E-state index is -0.121. The number of carbonyl (C=O) groups excluding carboxylic acids is 1. The number of hydrogen-bond donors (Lipinski definition) is 1. The molecule has 0 aliphatic heterocycles. The van der Waals surface area contributed by atoms with E-state index < -0.39 is 0 Å². The molecule has 0 aliphatic carbocycles. The molecule has 4 heteroatoms. The molecule has 2 aromatic carbocycles. The lowest BCUT2D eigenvalue weighted by Gasteiger charge is -2.09. The average Bonchev–Trinajstić information content (AvgIpc) is 2.26. The van der Waals surface area contributed by atoms with E-state index in [1.54, 1.807) is 6.07 Å². The number of hydrogen-bond acceptors (Lipinski definition) is 1. The molecule has 0 aromatic heterocycles. The second-order valence-corrected chi connectivity index (χ2v) is 6.22. The van der Waals surface area contributed by atoms with Gasteiger partial charge in [0.25, 0.3) is 5.91 Å². The zero-order valence-electron chi connectivity index (χ0n) is 10.6. The third kappa shape index (κ3) is 3.67. The van der Waals surface area contributed by atoms with Crippen molar-refractivity contribution in [3.63, 3.8) is 0 Å². The number of anilines is 1. The molecule has 0 spiro atoms. The summed E-state index contributed by atoms with van der Waals surface area (Å²) in [6, 6.07) is 11.5. The molecule has 0 fully saturated rings. The maximum atomic E-state index is 12.2. The van der Waals surface area contributed by atoms with E-state index in [0.29, 0.717) is 5.56 Å². The molecule has 0 aliphatic rings. The predicted octanol–water partition coefficient (Wildman–Crippen LogP) is 5.08. The van der Waals surface area contributed by atoms with E-state index >= 15 is 0 Å². The number of aryl methyl sites for hydroxylation is 2. The van der Waals surface area contributed by atoms with Gasteiger partial charge in [-0.3, -0.25) is 4.79 Å². The monoisotopic (exact) mass is 381 g/mol. The highest BCUT2D eigenvalue weighted by molar-refractivity contribution is 9.11. The Labute approximate surface area is 129 Å². The highest BCUT2D eigenvalue weighted by Gasteiger charge is 2.10. The van der Waals surface area contributed by atoms with Gasteiger partial charge in [-0.2, -0.15) is 0 Å². The van der Waals surface area contributed by atoms with E-state index in [0.717, 1.165) is 25.8 Å². The van der Waals surface area contributed by atoms with Crippen LogP contribution in [0.5, 0.6) is 0 Å². The standard InChI is InChI=1S/C15H13Br2NO/c1-9-5-10(2)7-12(6-9)18-15(19)13-4-3-11(16)8-14(13)17/h3-8H,1-2H3,(H,18,19). The van der Waals surface area contributed by atoms with Crippen LogP contribution in [0.3, 0.4) is 0 Å². The summed E-state index contributed by atoms with van der Waals surface area (Å²) in [5.41, 5.74) is 3.69. The van der Waals surface area contributed by atoms with E-state index in [2.05, 4.69) is 43.2 Å². The van der Waals surface area contributed by atoms with Gasteiger partial charge in [0.1, 0.15) is 0 Å². The first-order valence-corrected chi connectivity index (χ1v) is 7.39. The molecule has 2 aromatic rings. The van der Waals surface area contributed by atoms with Crippen molar-refractivity contribution in [3.8, 4) is 0 Å². The van der Waals surface area contributed by atoms with E-state index in [-0.39, 0.29) is 5.91 Å². The molecular formula is C15H13Br2NO. The van der Waals surface area contributed by atoms with Crippen LogP contribution in [0.4, 0.5) is 5.69 Å². The lowest BCUT2D eigenvalue weighted by atomic mass is 10.1. The lowest BCUT2D eigenvalue weighted by molar-refractivity contribution is 0.102. The number of benzene rings is 2. The Balaban J connectivity index is 2.25. The summed E-state index contributed by atoms with van der Waals surface area (Å²) < 4.78 is 1.70. The Bertz CT molecular complexity index is 618. The molecular weight excluding hydrogens is 370 g/mol. The number of amides is 1. The predicted molar refractivity (Wildman–Crippen MR) is 85.7 cm³/mol. The Hall–Kier alpha value is -1.13. The summed E-state index contributed by atoms with van der Waals surface area (Å²) in [5, 5.41) is 2.92. The van der Waals surface area contributed by atoms with E-state index in [1.165, 1.54) is 0 Å². The van der Waals surface area contributed by atoms with Crippen molar-refractivity contribution in [3.05, 3.63) is 62.0 Å². The van der Waals surface area contributed by atoms with Crippen LogP contribution in [0.25, 0.3) is 0 Å². The smallest absolute Gasteiger partial charge is 0.256 e. The largest absolute Gasteiger partial charge is 0.322 e. The second-order valence-electron chi connectivity index (χ2n) is 4.45. The zero-order valence-corrected chi connectivity index (χ0v) is 13.8. The molecule has 98 valence electrons. The molecule has 2 nitrogen and oxygen atoms in total. The highest BCUT2D eigenvalue weighted by Crippen LogP contribution is 2.23. The van der Waals surface area contributed by atoms with Gasteiger partial charge in [-0.05, 0) is 71.2 Å². The van der Waals surface area contributed by atoms with Crippen molar-refractivity contribution < 1.29 is 4.79 Å². The molecule has 1 N–H and O–H groups in total. The summed E-state index contributed by atoms with van der Waals surface area (Å²) >= 11 is 6.77. The summed E-state index contributed by atoms with van der Waals surface area (Å²) in [7, 11) is 0. The van der Waals surface area contributed by atoms with Gasteiger partial charge in [0.15, 0.2) is 0 Å². The second kappa shape index (κ2) is 5.88. The fourth-order valence-electron chi connectivity index (χ4n) is 1.92. The Kier molecular flexibility index (Phi) is 4.42. The van der Waals surface area contributed by atoms with Crippen LogP contribution in [0, 0.1) is 13.8 Å². The first kappa shape index (κ1) is 14.3. The average molecular weight is 383 g/mol. The van der Waals surface area contributed by atoms with Crippen molar-refractivity contribution >= 4 is 43.5 Å². The fourth-order valence-corrected chi connectivity index (χ4v) is 3.15. The van der Waals surface area contributed by atoms with Gasteiger partial charge in [-0.15, -0.1) is 0 Å². The van der Waals surface area contributed by atoms with Crippen LogP contribution in [-0.2, 0) is 0 Å². The van der Waals surface area contributed by atoms with Crippen molar-refractivity contribution in [1.29, 1.82) is 0 Å². The molecule has 0 unspecified atom stereocenters. The molecule has 0 atom stereocenters. The van der Waals surface area contributed by atoms with Gasteiger partial charge in [-0.25, -0.2) is 0 Å². The summed E-state index contributed by atoms with van der Waals surface area (Å²) in [5.74, 6) is -0.121. The molecule has 19 heavy (non-hydrogen) atoms. The van der Waals surface area contributed by atoms with E-state index in [1.807, 2.05) is 38.1 Å². The first-order valence-electron chi connectivity index (χ1n) is 5.80. The first-order chi connectivity index (χ1) is 8.95. The summed E-state index contributed by atoms with van der Waals surface area (Å²) in [6.07, 6.45) is 0. The van der Waals surface area contributed by atoms with Crippen molar-refractivity contribution in [2.75, 3.05) is 5.32 Å². The Morgan fingerprint density at radius 2 is 1.63 bits per heavy atom. The van der Waals surface area contributed by atoms with Gasteiger partial charge in [0, 0.05) is 14.6 Å². The number of carbonyl (C=O) groups is 1. The minimum absolute atomic E-state index is 0.121. The van der Waals surface area contributed by atoms with Gasteiger partial charge in [0.05, 0.1) is 5.56 Å². The molecule has 2 rings (SSSR count). The van der Waals surface area contributed by atoms with Crippen LogP contribution >= 0.6 is 31.9 Å². The number of halogens is 2. The van der Waals surface area contributed by atoms with Crippen molar-refractivity contribution in [2.45, 2.75) is 13.8 Å². The van der Waals surface area contributed by atoms with Crippen molar-refractivity contribution in [2.24, 2.45) is 0 Å². The normalized spacial score (nSPS) is 10.3. The number of rotatable bonds is 2. The molecule has 0 bridgehead atoms. The van der Waals surface area contributed by atoms with Gasteiger partial charge >= 0.3 is 0 Å². The van der Waals surface area contributed by atoms with Crippen LogP contribution in [0.15, 0.2) is 45.3 Å². The van der Waals surface area contributed by atoms with Crippen LogP contribution in [0.1, 0.15) is 21.5 Å². The van der Waals surface area contributed by atoms with Crippen LogP contribution < -0.4 is 5.32 Å². The Morgan fingerprint density at radius 1 is 1.00 bits per heavy atom. The topological polar surface area (TPSA) is 29.1 Å². The molecule has 0 radical (unpaired) electrons. The molecule has 1 amide bonds. The molecule has 0 heterocycles. The van der Waals surface area contributed by atoms with Gasteiger partial charge in [-0.1, -0.05) is 22.0 Å². The van der Waals surface area contributed by atoms with E-state index in [9.17, 15) is 4.79 Å². The quantitative estimate of drug-likeness (QED) is 0.770. The zero-order chi connectivity index (χ0) is 14.0. The van der Waals surface area contributed by atoms with Crippen molar-refractivity contribution in [1.82, 2.24) is 0 Å². The maximum absolute atomic E-state index is 12.2. The third-order valence-electron chi connectivity index (χ3n) is 2.66. The Morgan fingerprint density at radius 3 is 2.21 bits per heavy atom. The third-order valence-corrected chi connectivity index (χ3v) is 3.80. The maximum Gasteiger partial charge on any atom is 0.256 e. The van der Waals surface area contributed by atoms with E-state index in [4.69, 9.17) is 0 Å². The highest BCUT2D eigenvalue weighted by atomic mass is 79.9. The summed E-state index contributed by atoms with van der Waals surface area (Å²) in [6.45, 7) is 4.02. The number of nitrogens with one attached hydrogen (secondary N) is 1. The molecule has 0 saturated carbocycles. The van der Waals surface area contributed by atoms with Crippen LogP contribution in [-0.4, -0.2) is 5.91 Å². The fraction of sp³-hybridized carbons (Fsp3) is 0.133. The SMILES string of the molecule is Cc1cc(C)cc(NC(=O)c2ccc(Br)cc2Br)c1. The lowest BCUT2D eigenvalue weighted by Crippen LogP contribution is -2.12. The van der Waals surface area contributed by atoms with Gasteiger partial charge < -0.3 is 5.32 Å². The van der Waals surface area contributed by atoms with Gasteiger partial charge in [0.2, 0.25) is 0 Å². The minimum Gasteiger partial charge on any atom is -0.322 e. The summed E-state index contributed by atoms with van der Waals surface area (Å²) in [4.78, 5) is 12.2.